The predicted molar refractivity (Wildman–Crippen MR) is 98.7 cm³/mol. The topological polar surface area (TPSA) is 77.5 Å². The molecule has 1 saturated heterocycles. The van der Waals surface area contributed by atoms with Crippen LogP contribution in [0.1, 0.15) is 11.4 Å². The van der Waals surface area contributed by atoms with Gasteiger partial charge in [0.05, 0.1) is 25.2 Å². The molecule has 2 atom stereocenters. The Bertz CT molecular complexity index is 898. The first-order chi connectivity index (χ1) is 13.1. The van der Waals surface area contributed by atoms with Crippen LogP contribution in [0.4, 0.5) is 13.2 Å². The van der Waals surface area contributed by atoms with Crippen molar-refractivity contribution in [1.29, 1.82) is 0 Å². The number of benzene rings is 1. The van der Waals surface area contributed by atoms with Crippen LogP contribution in [-0.4, -0.2) is 45.5 Å². The fourth-order valence-corrected chi connectivity index (χ4v) is 4.41. The van der Waals surface area contributed by atoms with Crippen LogP contribution in [0.2, 0.25) is 0 Å². The van der Waals surface area contributed by atoms with Crippen LogP contribution < -0.4 is 9.46 Å². The third-order valence-electron chi connectivity index (χ3n) is 4.20. The van der Waals surface area contributed by atoms with Gasteiger partial charge in [-0.3, -0.25) is 0 Å². The standard InChI is InChI=1S/C17H19F3N2O4S2/c1-28(23,24)22-14-6-7-25-8-12(14)9-26-13-4-2-11(3-5-13)15-10-27-16(21-15)17(18,19)20/h2-5,10,12,14,22H,6-9H2,1H3/t12-,14+/m1/s1. The van der Waals surface area contributed by atoms with E-state index < -0.39 is 21.2 Å². The summed E-state index contributed by atoms with van der Waals surface area (Å²) >= 11 is 0.552. The van der Waals surface area contributed by atoms with Crippen molar-refractivity contribution in [3.8, 4) is 17.0 Å². The molecule has 3 rings (SSSR count). The average molecular weight is 436 g/mol. The van der Waals surface area contributed by atoms with E-state index in [2.05, 4.69) is 9.71 Å². The molecule has 1 aliphatic rings. The number of hydrogen-bond acceptors (Lipinski definition) is 6. The van der Waals surface area contributed by atoms with Crippen molar-refractivity contribution in [2.75, 3.05) is 26.1 Å². The zero-order valence-electron chi connectivity index (χ0n) is 14.9. The lowest BCUT2D eigenvalue weighted by atomic mass is 9.98. The van der Waals surface area contributed by atoms with Crippen LogP contribution >= 0.6 is 11.3 Å². The number of ether oxygens (including phenoxy) is 2. The van der Waals surface area contributed by atoms with E-state index in [0.717, 1.165) is 6.26 Å². The summed E-state index contributed by atoms with van der Waals surface area (Å²) in [6.07, 6.45) is -2.78. The fraction of sp³-hybridized carbons (Fsp3) is 0.471. The molecule has 0 bridgehead atoms. The van der Waals surface area contributed by atoms with Crippen LogP contribution in [0.3, 0.4) is 0 Å². The third-order valence-corrected chi connectivity index (χ3v) is 5.82. The lowest BCUT2D eigenvalue weighted by Crippen LogP contribution is -2.47. The summed E-state index contributed by atoms with van der Waals surface area (Å²) in [7, 11) is -3.33. The SMILES string of the molecule is CS(=O)(=O)N[C@H]1CCOC[C@@H]1COc1ccc(-c2csc(C(F)(F)F)n2)cc1. The molecule has 2 aromatic rings. The highest BCUT2D eigenvalue weighted by Gasteiger charge is 2.34. The monoisotopic (exact) mass is 436 g/mol. The number of nitrogens with zero attached hydrogens (tertiary/aromatic N) is 1. The summed E-state index contributed by atoms with van der Waals surface area (Å²) in [5.41, 5.74) is 0.804. The van der Waals surface area contributed by atoms with Crippen molar-refractivity contribution < 1.29 is 31.1 Å². The van der Waals surface area contributed by atoms with Gasteiger partial charge in [0.2, 0.25) is 10.0 Å². The zero-order valence-corrected chi connectivity index (χ0v) is 16.5. The van der Waals surface area contributed by atoms with Crippen LogP contribution in [0.25, 0.3) is 11.3 Å². The van der Waals surface area contributed by atoms with Crippen LogP contribution in [-0.2, 0) is 20.9 Å². The molecule has 0 spiro atoms. The average Bonchev–Trinajstić information content (AvgIpc) is 3.11. The van der Waals surface area contributed by atoms with Crippen molar-refractivity contribution in [2.24, 2.45) is 5.92 Å². The van der Waals surface area contributed by atoms with E-state index >= 15 is 0 Å². The number of sulfonamides is 1. The summed E-state index contributed by atoms with van der Waals surface area (Å²) in [5.74, 6) is 0.384. The zero-order chi connectivity index (χ0) is 20.4. The van der Waals surface area contributed by atoms with Gasteiger partial charge in [-0.25, -0.2) is 18.1 Å². The highest BCUT2D eigenvalue weighted by atomic mass is 32.2. The van der Waals surface area contributed by atoms with Crippen molar-refractivity contribution >= 4 is 21.4 Å². The lowest BCUT2D eigenvalue weighted by molar-refractivity contribution is -0.137. The number of aromatic nitrogens is 1. The van der Waals surface area contributed by atoms with Gasteiger partial charge in [-0.05, 0) is 30.7 Å². The maximum absolute atomic E-state index is 12.7. The number of alkyl halides is 3. The first kappa shape index (κ1) is 21.0. The molecule has 1 N–H and O–H groups in total. The van der Waals surface area contributed by atoms with Gasteiger partial charge < -0.3 is 9.47 Å². The van der Waals surface area contributed by atoms with Gasteiger partial charge in [-0.15, -0.1) is 11.3 Å². The molecule has 28 heavy (non-hydrogen) atoms. The van der Waals surface area contributed by atoms with E-state index in [-0.39, 0.29) is 24.3 Å². The number of thiazole rings is 1. The number of nitrogens with one attached hydrogen (secondary N) is 1. The molecular formula is C17H19F3N2O4S2. The summed E-state index contributed by atoms with van der Waals surface area (Å²) in [4.78, 5) is 3.62. The van der Waals surface area contributed by atoms with Gasteiger partial charge in [0.15, 0.2) is 5.01 Å². The minimum atomic E-state index is -4.45. The van der Waals surface area contributed by atoms with Gasteiger partial charge in [0, 0.05) is 29.5 Å². The molecule has 1 aromatic carbocycles. The molecule has 154 valence electrons. The van der Waals surface area contributed by atoms with Gasteiger partial charge >= 0.3 is 6.18 Å². The maximum Gasteiger partial charge on any atom is 0.443 e. The second-order valence-corrected chi connectivity index (χ2v) is 9.13. The first-order valence-electron chi connectivity index (χ1n) is 8.43. The summed E-state index contributed by atoms with van der Waals surface area (Å²) in [6, 6.07) is 6.29. The number of rotatable bonds is 6. The Kier molecular flexibility index (Phi) is 6.28. The molecule has 0 saturated carbocycles. The van der Waals surface area contributed by atoms with E-state index in [1.54, 1.807) is 24.3 Å². The predicted octanol–water partition coefficient (Wildman–Crippen LogP) is 3.16. The minimum absolute atomic E-state index is 0.143. The van der Waals surface area contributed by atoms with E-state index in [0.29, 0.717) is 42.3 Å². The maximum atomic E-state index is 12.7. The van der Waals surface area contributed by atoms with Crippen molar-refractivity contribution in [2.45, 2.75) is 18.6 Å². The molecule has 0 unspecified atom stereocenters. The van der Waals surface area contributed by atoms with Crippen molar-refractivity contribution in [3.05, 3.63) is 34.7 Å². The largest absolute Gasteiger partial charge is 0.493 e. The third kappa shape index (κ3) is 5.66. The minimum Gasteiger partial charge on any atom is -0.493 e. The smallest absolute Gasteiger partial charge is 0.443 e. The summed E-state index contributed by atoms with van der Waals surface area (Å²) < 4.78 is 74.7. The molecule has 2 heterocycles. The van der Waals surface area contributed by atoms with E-state index in [9.17, 15) is 21.6 Å². The van der Waals surface area contributed by atoms with Crippen molar-refractivity contribution in [3.63, 3.8) is 0 Å². The molecule has 0 amide bonds. The molecular weight excluding hydrogens is 417 g/mol. The molecule has 0 aliphatic carbocycles. The molecule has 1 aliphatic heterocycles. The van der Waals surface area contributed by atoms with Gasteiger partial charge in [-0.2, -0.15) is 13.2 Å². The normalized spacial score (nSPS) is 20.9. The second kappa shape index (κ2) is 8.36. The quantitative estimate of drug-likeness (QED) is 0.753. The number of hydrogen-bond donors (Lipinski definition) is 1. The first-order valence-corrected chi connectivity index (χ1v) is 11.2. The van der Waals surface area contributed by atoms with Gasteiger partial charge in [0.1, 0.15) is 5.75 Å². The van der Waals surface area contributed by atoms with Crippen LogP contribution in [0, 0.1) is 5.92 Å². The molecule has 6 nitrogen and oxygen atoms in total. The summed E-state index contributed by atoms with van der Waals surface area (Å²) in [5, 5.41) is 0.476. The van der Waals surface area contributed by atoms with Crippen molar-refractivity contribution in [1.82, 2.24) is 9.71 Å². The molecule has 1 fully saturated rings. The van der Waals surface area contributed by atoms with E-state index in [1.807, 2.05) is 0 Å². The Hall–Kier alpha value is -1.69. The summed E-state index contributed by atoms with van der Waals surface area (Å²) in [6.45, 7) is 1.11. The Balaban J connectivity index is 1.62. The Morgan fingerprint density at radius 2 is 2.04 bits per heavy atom. The molecule has 0 radical (unpaired) electrons. The highest BCUT2D eigenvalue weighted by Crippen LogP contribution is 2.34. The molecule has 11 heteroatoms. The Labute approximate surface area is 164 Å². The van der Waals surface area contributed by atoms with Gasteiger partial charge in [-0.1, -0.05) is 0 Å². The second-order valence-electron chi connectivity index (χ2n) is 6.49. The highest BCUT2D eigenvalue weighted by molar-refractivity contribution is 7.88. The van der Waals surface area contributed by atoms with Crippen LogP contribution in [0.15, 0.2) is 29.6 Å². The Morgan fingerprint density at radius 1 is 1.32 bits per heavy atom. The number of halogens is 3. The Morgan fingerprint density at radius 3 is 2.64 bits per heavy atom. The fourth-order valence-electron chi connectivity index (χ4n) is 2.85. The lowest BCUT2D eigenvalue weighted by Gasteiger charge is -2.31. The van der Waals surface area contributed by atoms with E-state index in [1.165, 1.54) is 5.38 Å². The van der Waals surface area contributed by atoms with Gasteiger partial charge in [0.25, 0.3) is 0 Å². The molecule has 1 aromatic heterocycles. The van der Waals surface area contributed by atoms with E-state index in [4.69, 9.17) is 9.47 Å². The van der Waals surface area contributed by atoms with Crippen LogP contribution in [0.5, 0.6) is 5.75 Å².